The van der Waals surface area contributed by atoms with E-state index in [4.69, 9.17) is 0 Å². The number of likely N-dealkylation sites (N-methyl/N-ethyl adjacent to an activating group) is 1. The number of aryl methyl sites for hydroxylation is 1. The fourth-order valence-electron chi connectivity index (χ4n) is 5.06. The molecule has 254 valence electrons. The SMILES string of the molecule is C/C=C(/C)NC(Cc1ccc(NC(=O)CNC(=O)c2nonc2CC)c(F)c1)C(=O)N1CCN(C)CC1.C1CC1CC1CC1.CC. The molecule has 2 aliphatic carbocycles. The Kier molecular flexibility index (Phi) is 14.6. The largest absolute Gasteiger partial charge is 0.377 e. The molecule has 0 radical (unpaired) electrons. The van der Waals surface area contributed by atoms with E-state index < -0.39 is 23.7 Å². The van der Waals surface area contributed by atoms with Crippen LogP contribution in [0.4, 0.5) is 10.1 Å². The summed E-state index contributed by atoms with van der Waals surface area (Å²) in [7, 11) is 2.02. The second-order valence-corrected chi connectivity index (χ2v) is 12.1. The number of hydrogen-bond acceptors (Lipinski definition) is 8. The monoisotopic (exact) mass is 641 g/mol. The Balaban J connectivity index is 0.000000547. The maximum absolute atomic E-state index is 14.8. The van der Waals surface area contributed by atoms with Crippen LogP contribution in [0.5, 0.6) is 0 Å². The number of piperazine rings is 1. The molecule has 12 heteroatoms. The van der Waals surface area contributed by atoms with Gasteiger partial charge in [-0.25, -0.2) is 9.02 Å². The van der Waals surface area contributed by atoms with Gasteiger partial charge in [0.2, 0.25) is 11.8 Å². The van der Waals surface area contributed by atoms with Gasteiger partial charge in [-0.3, -0.25) is 14.4 Å². The number of nitrogens with one attached hydrogen (secondary N) is 3. The van der Waals surface area contributed by atoms with Crippen LogP contribution in [0.3, 0.4) is 0 Å². The lowest BCUT2D eigenvalue weighted by molar-refractivity contribution is -0.134. The summed E-state index contributed by atoms with van der Waals surface area (Å²) < 4.78 is 19.4. The van der Waals surface area contributed by atoms with Crippen LogP contribution in [0.2, 0.25) is 0 Å². The minimum Gasteiger partial charge on any atom is -0.377 e. The van der Waals surface area contributed by atoms with E-state index in [1.165, 1.54) is 24.0 Å². The summed E-state index contributed by atoms with van der Waals surface area (Å²) in [5.41, 5.74) is 1.82. The number of aromatic nitrogens is 2. The third kappa shape index (κ3) is 11.9. The predicted molar refractivity (Wildman–Crippen MR) is 177 cm³/mol. The molecule has 1 atom stereocenters. The van der Waals surface area contributed by atoms with E-state index in [0.717, 1.165) is 18.8 Å². The van der Waals surface area contributed by atoms with Gasteiger partial charge in [0.25, 0.3) is 5.91 Å². The third-order valence-electron chi connectivity index (χ3n) is 8.27. The van der Waals surface area contributed by atoms with Crippen molar-refractivity contribution in [2.45, 2.75) is 85.6 Å². The Hall–Kier alpha value is -3.80. The molecule has 1 aromatic carbocycles. The van der Waals surface area contributed by atoms with Crippen molar-refractivity contribution in [3.05, 3.63) is 52.7 Å². The van der Waals surface area contributed by atoms with Gasteiger partial charge in [0.15, 0.2) is 5.69 Å². The Labute approximate surface area is 272 Å². The van der Waals surface area contributed by atoms with Gasteiger partial charge in [0.05, 0.1) is 12.2 Å². The highest BCUT2D eigenvalue weighted by Gasteiger charge is 2.30. The lowest BCUT2D eigenvalue weighted by atomic mass is 10.0. The maximum Gasteiger partial charge on any atom is 0.275 e. The molecule has 0 bridgehead atoms. The molecule has 3 fully saturated rings. The number of rotatable bonds is 12. The third-order valence-corrected chi connectivity index (χ3v) is 8.27. The Bertz CT molecular complexity index is 1300. The zero-order chi connectivity index (χ0) is 33.6. The first-order chi connectivity index (χ1) is 22.2. The molecule has 2 aromatic rings. The van der Waals surface area contributed by atoms with Gasteiger partial charge >= 0.3 is 0 Å². The van der Waals surface area contributed by atoms with Crippen LogP contribution in [0.1, 0.15) is 88.5 Å². The molecule has 3 amide bonds. The highest BCUT2D eigenvalue weighted by molar-refractivity contribution is 5.98. The van der Waals surface area contributed by atoms with Crippen LogP contribution < -0.4 is 16.0 Å². The topological polar surface area (TPSA) is 133 Å². The first-order valence-corrected chi connectivity index (χ1v) is 16.7. The number of hydrogen-bond donors (Lipinski definition) is 3. The molecule has 3 aliphatic rings. The van der Waals surface area contributed by atoms with Gasteiger partial charge in [-0.05, 0) is 68.4 Å². The highest BCUT2D eigenvalue weighted by atomic mass is 19.1. The van der Waals surface area contributed by atoms with E-state index in [2.05, 4.69) is 35.8 Å². The van der Waals surface area contributed by atoms with Gasteiger partial charge in [0, 0.05) is 38.3 Å². The predicted octanol–water partition coefficient (Wildman–Crippen LogP) is 4.56. The summed E-state index contributed by atoms with van der Waals surface area (Å²) >= 11 is 0. The van der Waals surface area contributed by atoms with E-state index in [1.54, 1.807) is 45.1 Å². The molecule has 1 aromatic heterocycles. The standard InChI is InChI=1S/C25H34FN7O4.C7H12.C2H6/c1-5-16(3)28-21(25(36)33-11-9-32(4)10-12-33)14-17-7-8-20(18(26)13-17)29-22(34)15-27-24(35)23-19(6-2)30-37-31-23;1-2-6(1)5-7-3-4-7;1-2/h5,7-8,13,21,28H,6,9-12,14-15H2,1-4H3,(H,27,35)(H,29,34);6-7H,1-5H2;1-2H3/b16-5-;;. The number of anilines is 1. The Morgan fingerprint density at radius 3 is 2.28 bits per heavy atom. The summed E-state index contributed by atoms with van der Waals surface area (Å²) in [5, 5.41) is 15.3. The number of nitrogens with zero attached hydrogens (tertiary/aromatic N) is 4. The van der Waals surface area contributed by atoms with Crippen molar-refractivity contribution in [3.8, 4) is 0 Å². The van der Waals surface area contributed by atoms with E-state index in [9.17, 15) is 18.8 Å². The molecule has 3 N–H and O–H groups in total. The second-order valence-electron chi connectivity index (χ2n) is 12.1. The summed E-state index contributed by atoms with van der Waals surface area (Å²) in [6, 6.07) is 3.87. The van der Waals surface area contributed by atoms with Crippen LogP contribution in [0, 0.1) is 17.7 Å². The van der Waals surface area contributed by atoms with Crippen LogP contribution in [-0.2, 0) is 22.4 Å². The molecule has 0 spiro atoms. The number of amides is 3. The molecular weight excluding hydrogens is 589 g/mol. The Morgan fingerprint density at radius 1 is 1.07 bits per heavy atom. The van der Waals surface area contributed by atoms with Crippen LogP contribution in [0.25, 0.3) is 0 Å². The Morgan fingerprint density at radius 2 is 1.72 bits per heavy atom. The van der Waals surface area contributed by atoms with E-state index in [0.29, 0.717) is 30.8 Å². The number of halogens is 1. The summed E-state index contributed by atoms with van der Waals surface area (Å²) in [4.78, 5) is 41.7. The zero-order valence-corrected chi connectivity index (χ0v) is 28.3. The minimum absolute atomic E-state index is 0.00766. The number of benzene rings is 1. The fraction of sp³-hybridized carbons (Fsp3) is 0.618. The van der Waals surface area contributed by atoms with Gasteiger partial charge in [0.1, 0.15) is 17.6 Å². The van der Waals surface area contributed by atoms with Crippen LogP contribution in [0.15, 0.2) is 34.6 Å². The molecule has 1 saturated heterocycles. The maximum atomic E-state index is 14.8. The smallest absolute Gasteiger partial charge is 0.275 e. The van der Waals surface area contributed by atoms with Crippen molar-refractivity contribution in [1.29, 1.82) is 0 Å². The van der Waals surface area contributed by atoms with Crippen molar-refractivity contribution in [2.75, 3.05) is 45.1 Å². The highest BCUT2D eigenvalue weighted by Crippen LogP contribution is 2.43. The lowest BCUT2D eigenvalue weighted by Crippen LogP contribution is -2.53. The first kappa shape index (κ1) is 36.7. The van der Waals surface area contributed by atoms with Crippen molar-refractivity contribution in [3.63, 3.8) is 0 Å². The van der Waals surface area contributed by atoms with Gasteiger partial charge in [-0.2, -0.15) is 0 Å². The number of allylic oxidation sites excluding steroid dienone is 2. The summed E-state index contributed by atoms with van der Waals surface area (Å²) in [6.07, 6.45) is 10.4. The molecule has 11 nitrogen and oxygen atoms in total. The van der Waals surface area contributed by atoms with Crippen molar-refractivity contribution in [2.24, 2.45) is 11.8 Å². The van der Waals surface area contributed by atoms with Crippen molar-refractivity contribution in [1.82, 2.24) is 30.7 Å². The van der Waals surface area contributed by atoms with E-state index in [-0.39, 0.29) is 30.3 Å². The second kappa shape index (κ2) is 18.4. The normalized spacial score (nSPS) is 17.1. The fourth-order valence-corrected chi connectivity index (χ4v) is 5.06. The van der Waals surface area contributed by atoms with E-state index >= 15 is 0 Å². The number of carbonyl (C=O) groups is 3. The molecule has 5 rings (SSSR count). The van der Waals surface area contributed by atoms with Gasteiger partial charge in [-0.15, -0.1) is 0 Å². The van der Waals surface area contributed by atoms with Crippen LogP contribution >= 0.6 is 0 Å². The van der Waals surface area contributed by atoms with Gasteiger partial charge in [-0.1, -0.05) is 63.8 Å². The molecule has 1 unspecified atom stereocenters. The summed E-state index contributed by atoms with van der Waals surface area (Å²) in [5.74, 6) is 0.489. The minimum atomic E-state index is -0.639. The quantitative estimate of drug-likeness (QED) is 0.307. The molecule has 46 heavy (non-hydrogen) atoms. The van der Waals surface area contributed by atoms with Crippen molar-refractivity contribution < 1.29 is 23.4 Å². The number of carbonyl (C=O) groups excluding carboxylic acids is 3. The van der Waals surface area contributed by atoms with Crippen LogP contribution in [-0.4, -0.2) is 83.6 Å². The molecule has 2 heterocycles. The first-order valence-electron chi connectivity index (χ1n) is 16.7. The zero-order valence-electron chi connectivity index (χ0n) is 28.3. The van der Waals surface area contributed by atoms with Crippen molar-refractivity contribution >= 4 is 23.4 Å². The molecule has 1 aliphatic heterocycles. The molecular formula is C34H52FN7O4. The molecule has 2 saturated carbocycles. The average molecular weight is 642 g/mol. The lowest BCUT2D eigenvalue weighted by Gasteiger charge is -2.35. The van der Waals surface area contributed by atoms with E-state index in [1.807, 2.05) is 45.7 Å². The van der Waals surface area contributed by atoms with Gasteiger partial charge < -0.3 is 25.8 Å². The summed E-state index contributed by atoms with van der Waals surface area (Å²) in [6.45, 7) is 12.1. The average Bonchev–Trinajstić information content (AvgIpc) is 4.01.